The molecule has 108 valence electrons. The number of likely N-dealkylation sites (N-methyl/N-ethyl adjacent to an activating group) is 1. The molecule has 0 heterocycles. The second kappa shape index (κ2) is 7.40. The van der Waals surface area contributed by atoms with E-state index in [0.29, 0.717) is 38.6 Å². The van der Waals surface area contributed by atoms with Crippen molar-refractivity contribution in [1.29, 1.82) is 0 Å². The molecule has 0 radical (unpaired) electrons. The molecule has 1 rings (SSSR count). The first-order chi connectivity index (χ1) is 8.48. The number of ether oxygens (including phenoxy) is 1. The van der Waals surface area contributed by atoms with Crippen LogP contribution < -0.4 is 5.73 Å². The summed E-state index contributed by atoms with van der Waals surface area (Å²) < 4.78 is 32.2. The van der Waals surface area contributed by atoms with Crippen molar-refractivity contribution in [2.75, 3.05) is 46.9 Å². The van der Waals surface area contributed by atoms with Crippen molar-refractivity contribution in [3.05, 3.63) is 0 Å². The van der Waals surface area contributed by atoms with E-state index in [0.717, 1.165) is 6.61 Å². The molecule has 1 aliphatic rings. The SMILES string of the molecule is CN(CCCN)S(=O)(=O)N(C)CCOCC1CC1. The second-order valence-electron chi connectivity index (χ2n) is 4.81. The van der Waals surface area contributed by atoms with Crippen molar-refractivity contribution in [2.45, 2.75) is 19.3 Å². The lowest BCUT2D eigenvalue weighted by Gasteiger charge is -2.24. The van der Waals surface area contributed by atoms with Crippen LogP contribution in [-0.4, -0.2) is 64.0 Å². The highest BCUT2D eigenvalue weighted by Gasteiger charge is 2.24. The van der Waals surface area contributed by atoms with E-state index in [2.05, 4.69) is 0 Å². The minimum atomic E-state index is -3.37. The molecule has 0 aromatic heterocycles. The molecule has 0 bridgehead atoms. The molecule has 2 N–H and O–H groups in total. The van der Waals surface area contributed by atoms with Crippen LogP contribution in [0.4, 0.5) is 0 Å². The van der Waals surface area contributed by atoms with Gasteiger partial charge in [-0.05, 0) is 31.7 Å². The fourth-order valence-corrected chi connectivity index (χ4v) is 2.65. The summed E-state index contributed by atoms with van der Waals surface area (Å²) in [7, 11) is -0.211. The molecule has 0 atom stereocenters. The molecule has 1 fully saturated rings. The van der Waals surface area contributed by atoms with E-state index in [-0.39, 0.29) is 0 Å². The maximum Gasteiger partial charge on any atom is 0.281 e. The van der Waals surface area contributed by atoms with Crippen LogP contribution in [0.5, 0.6) is 0 Å². The van der Waals surface area contributed by atoms with Gasteiger partial charge in [-0.1, -0.05) is 0 Å². The van der Waals surface area contributed by atoms with Crippen LogP contribution in [0.25, 0.3) is 0 Å². The van der Waals surface area contributed by atoms with Gasteiger partial charge in [0.2, 0.25) is 0 Å². The Morgan fingerprint density at radius 2 is 1.83 bits per heavy atom. The molecular weight excluding hydrogens is 254 g/mol. The lowest BCUT2D eigenvalue weighted by molar-refractivity contribution is 0.116. The van der Waals surface area contributed by atoms with E-state index in [4.69, 9.17) is 10.5 Å². The summed E-state index contributed by atoms with van der Waals surface area (Å²) in [4.78, 5) is 0. The van der Waals surface area contributed by atoms with Crippen LogP contribution in [0, 0.1) is 5.92 Å². The Kier molecular flexibility index (Phi) is 6.51. The third-order valence-corrected chi connectivity index (χ3v) is 5.01. The Morgan fingerprint density at radius 1 is 1.22 bits per heavy atom. The van der Waals surface area contributed by atoms with Crippen LogP contribution in [0.3, 0.4) is 0 Å². The average Bonchev–Trinajstić information content (AvgIpc) is 3.15. The smallest absolute Gasteiger partial charge is 0.281 e. The first-order valence-corrected chi connectivity index (χ1v) is 7.83. The van der Waals surface area contributed by atoms with Crippen LogP contribution in [0.2, 0.25) is 0 Å². The molecular formula is C11H25N3O3S. The minimum Gasteiger partial charge on any atom is -0.380 e. The lowest BCUT2D eigenvalue weighted by atomic mass is 10.4. The highest BCUT2D eigenvalue weighted by molar-refractivity contribution is 7.86. The highest BCUT2D eigenvalue weighted by atomic mass is 32.2. The van der Waals surface area contributed by atoms with Crippen molar-refractivity contribution in [3.63, 3.8) is 0 Å². The van der Waals surface area contributed by atoms with E-state index < -0.39 is 10.2 Å². The molecule has 1 aliphatic carbocycles. The quantitative estimate of drug-likeness (QED) is 0.565. The standard InChI is InChI=1S/C11H25N3O3S/c1-13(7-3-6-12)18(15,16)14(2)8-9-17-10-11-4-5-11/h11H,3-10,12H2,1-2H3. The van der Waals surface area contributed by atoms with E-state index in [1.54, 1.807) is 14.1 Å². The maximum atomic E-state index is 12.0. The Labute approximate surface area is 110 Å². The Bertz CT molecular complexity index is 330. The molecule has 7 heteroatoms. The highest BCUT2D eigenvalue weighted by Crippen LogP contribution is 2.28. The van der Waals surface area contributed by atoms with Gasteiger partial charge in [0.05, 0.1) is 6.61 Å². The predicted molar refractivity (Wildman–Crippen MR) is 71.4 cm³/mol. The number of rotatable bonds is 10. The zero-order valence-corrected chi connectivity index (χ0v) is 12.2. The number of nitrogens with two attached hydrogens (primary N) is 1. The van der Waals surface area contributed by atoms with Gasteiger partial charge in [-0.2, -0.15) is 17.0 Å². The summed E-state index contributed by atoms with van der Waals surface area (Å²) >= 11 is 0. The third kappa shape index (κ3) is 5.19. The summed E-state index contributed by atoms with van der Waals surface area (Å²) in [6, 6.07) is 0. The monoisotopic (exact) mass is 279 g/mol. The van der Waals surface area contributed by atoms with Gasteiger partial charge >= 0.3 is 0 Å². The third-order valence-electron chi connectivity index (χ3n) is 3.07. The Balaban J connectivity index is 2.25. The molecule has 0 spiro atoms. The molecule has 0 saturated heterocycles. The Hall–Kier alpha value is -0.210. The number of hydrogen-bond donors (Lipinski definition) is 1. The van der Waals surface area contributed by atoms with Gasteiger partial charge in [0.1, 0.15) is 0 Å². The molecule has 0 amide bonds. The molecule has 0 aliphatic heterocycles. The zero-order valence-electron chi connectivity index (χ0n) is 11.3. The van der Waals surface area contributed by atoms with E-state index in [1.165, 1.54) is 21.5 Å². The topological polar surface area (TPSA) is 75.9 Å². The first kappa shape index (κ1) is 15.8. The summed E-state index contributed by atoms with van der Waals surface area (Å²) in [6.07, 6.45) is 3.16. The van der Waals surface area contributed by atoms with E-state index in [9.17, 15) is 8.42 Å². The van der Waals surface area contributed by atoms with Gasteiger partial charge in [0.25, 0.3) is 10.2 Å². The number of nitrogens with zero attached hydrogens (tertiary/aromatic N) is 2. The minimum absolute atomic E-state index is 0.391. The summed E-state index contributed by atoms with van der Waals surface area (Å²) in [5, 5.41) is 0. The predicted octanol–water partition coefficient (Wildman–Crippen LogP) is -0.130. The molecule has 18 heavy (non-hydrogen) atoms. The van der Waals surface area contributed by atoms with Crippen LogP contribution in [0.1, 0.15) is 19.3 Å². The fourth-order valence-electron chi connectivity index (χ4n) is 1.51. The molecule has 6 nitrogen and oxygen atoms in total. The summed E-state index contributed by atoms with van der Waals surface area (Å²) in [5.41, 5.74) is 5.37. The van der Waals surface area contributed by atoms with Gasteiger partial charge in [-0.25, -0.2) is 0 Å². The van der Waals surface area contributed by atoms with Gasteiger partial charge < -0.3 is 10.5 Å². The largest absolute Gasteiger partial charge is 0.380 e. The van der Waals surface area contributed by atoms with Crippen molar-refractivity contribution in [3.8, 4) is 0 Å². The van der Waals surface area contributed by atoms with Crippen LogP contribution in [0.15, 0.2) is 0 Å². The van der Waals surface area contributed by atoms with Gasteiger partial charge in [-0.3, -0.25) is 0 Å². The number of hydrogen-bond acceptors (Lipinski definition) is 4. The maximum absolute atomic E-state index is 12.0. The second-order valence-corrected chi connectivity index (χ2v) is 6.95. The van der Waals surface area contributed by atoms with Gasteiger partial charge in [0, 0.05) is 33.8 Å². The first-order valence-electron chi connectivity index (χ1n) is 6.44. The summed E-state index contributed by atoms with van der Waals surface area (Å²) in [6.45, 7) is 2.55. The van der Waals surface area contributed by atoms with E-state index in [1.807, 2.05) is 0 Å². The van der Waals surface area contributed by atoms with Crippen molar-refractivity contribution in [1.82, 2.24) is 8.61 Å². The van der Waals surface area contributed by atoms with E-state index >= 15 is 0 Å². The zero-order chi connectivity index (χ0) is 13.6. The van der Waals surface area contributed by atoms with Crippen LogP contribution in [-0.2, 0) is 14.9 Å². The Morgan fingerprint density at radius 3 is 2.39 bits per heavy atom. The van der Waals surface area contributed by atoms with Crippen molar-refractivity contribution in [2.24, 2.45) is 11.7 Å². The lowest BCUT2D eigenvalue weighted by Crippen LogP contribution is -2.41. The van der Waals surface area contributed by atoms with Gasteiger partial charge in [-0.15, -0.1) is 0 Å². The van der Waals surface area contributed by atoms with Crippen molar-refractivity contribution < 1.29 is 13.2 Å². The average molecular weight is 279 g/mol. The van der Waals surface area contributed by atoms with Crippen LogP contribution >= 0.6 is 0 Å². The molecule has 0 aromatic carbocycles. The normalized spacial score (nSPS) is 16.7. The fraction of sp³-hybridized carbons (Fsp3) is 1.00. The molecule has 0 aromatic rings. The van der Waals surface area contributed by atoms with Gasteiger partial charge in [0.15, 0.2) is 0 Å². The summed E-state index contributed by atoms with van der Waals surface area (Å²) in [5.74, 6) is 0.708. The van der Waals surface area contributed by atoms with Crippen molar-refractivity contribution >= 4 is 10.2 Å². The molecule has 1 saturated carbocycles. The molecule has 0 unspecified atom stereocenters.